The number of nitrogens with zero attached hydrogens (tertiary/aromatic N) is 1. The van der Waals surface area contributed by atoms with Crippen LogP contribution in [-0.2, 0) is 15.8 Å². The van der Waals surface area contributed by atoms with Crippen LogP contribution in [0.1, 0.15) is 35.3 Å². The highest BCUT2D eigenvalue weighted by molar-refractivity contribution is 7.98. The van der Waals surface area contributed by atoms with E-state index in [1.54, 1.807) is 49.9 Å². The van der Waals surface area contributed by atoms with Crippen molar-refractivity contribution in [2.24, 2.45) is 0 Å². The molecule has 0 radical (unpaired) electrons. The summed E-state index contributed by atoms with van der Waals surface area (Å²) in [6.07, 6.45) is 0. The number of aryl methyl sites for hydroxylation is 1. The fourth-order valence-corrected chi connectivity index (χ4v) is 4.85. The van der Waals surface area contributed by atoms with E-state index >= 15 is 0 Å². The van der Waals surface area contributed by atoms with Crippen molar-refractivity contribution in [2.45, 2.75) is 26.5 Å². The third-order valence-corrected chi connectivity index (χ3v) is 7.33. The largest absolute Gasteiger partial charge is 0.351 e. The van der Waals surface area contributed by atoms with Gasteiger partial charge in [-0.3, -0.25) is 9.10 Å². The minimum absolute atomic E-state index is 0.0449. The summed E-state index contributed by atoms with van der Waals surface area (Å²) in [5.41, 5.74) is 3.70. The highest BCUT2D eigenvalue weighted by Crippen LogP contribution is 2.19. The predicted octanol–water partition coefficient (Wildman–Crippen LogP) is 3.83. The fraction of sp³-hybridized carbons (Fsp3) is 0.381. The monoisotopic (exact) mass is 420 g/mol. The number of anilines is 1. The van der Waals surface area contributed by atoms with E-state index in [0.717, 1.165) is 11.5 Å². The number of amides is 1. The summed E-state index contributed by atoms with van der Waals surface area (Å²) in [6.45, 7) is 6.47. The molecule has 0 aliphatic rings. The van der Waals surface area contributed by atoms with Gasteiger partial charge in [-0.2, -0.15) is 11.8 Å². The van der Waals surface area contributed by atoms with Gasteiger partial charge in [0.2, 0.25) is 10.0 Å². The summed E-state index contributed by atoms with van der Waals surface area (Å²) in [5.74, 6) is 1.65. The Morgan fingerprint density at radius 1 is 1.07 bits per heavy atom. The third kappa shape index (κ3) is 6.01. The Kier molecular flexibility index (Phi) is 8.38. The number of rotatable bonds is 10. The molecule has 2 aromatic rings. The molecule has 1 amide bonds. The molecule has 0 fully saturated rings. The second-order valence-corrected chi connectivity index (χ2v) is 9.63. The molecular formula is C21H28N2O3S2. The maximum absolute atomic E-state index is 12.3. The van der Waals surface area contributed by atoms with Crippen LogP contribution in [0.15, 0.2) is 48.5 Å². The average Bonchev–Trinajstić information content (AvgIpc) is 2.69. The van der Waals surface area contributed by atoms with Crippen molar-refractivity contribution in [3.63, 3.8) is 0 Å². The molecule has 5 nitrogen and oxygen atoms in total. The smallest absolute Gasteiger partial charge is 0.251 e. The van der Waals surface area contributed by atoms with Gasteiger partial charge in [0.05, 0.1) is 11.4 Å². The molecule has 0 aliphatic heterocycles. The van der Waals surface area contributed by atoms with E-state index in [0.29, 0.717) is 24.3 Å². The van der Waals surface area contributed by atoms with Gasteiger partial charge < -0.3 is 5.32 Å². The Labute approximate surface area is 172 Å². The Hall–Kier alpha value is -1.99. The van der Waals surface area contributed by atoms with Gasteiger partial charge in [-0.25, -0.2) is 8.42 Å². The van der Waals surface area contributed by atoms with Gasteiger partial charge in [-0.05, 0) is 56.2 Å². The quantitative estimate of drug-likeness (QED) is 0.593. The van der Waals surface area contributed by atoms with Gasteiger partial charge in [-0.1, -0.05) is 24.3 Å². The van der Waals surface area contributed by atoms with Crippen LogP contribution in [0.4, 0.5) is 5.69 Å². The molecule has 0 heterocycles. The molecule has 1 N–H and O–H groups in total. The Bertz CT molecular complexity index is 881. The van der Waals surface area contributed by atoms with Crippen molar-refractivity contribution in [3.8, 4) is 0 Å². The summed E-state index contributed by atoms with van der Waals surface area (Å²) >= 11 is 1.78. The lowest BCUT2D eigenvalue weighted by Gasteiger charge is -2.22. The van der Waals surface area contributed by atoms with Crippen molar-refractivity contribution in [2.75, 3.05) is 28.9 Å². The van der Waals surface area contributed by atoms with Crippen LogP contribution in [0.5, 0.6) is 0 Å². The summed E-state index contributed by atoms with van der Waals surface area (Å²) in [6, 6.07) is 15.0. The molecule has 0 atom stereocenters. The number of nitrogens with one attached hydrogen (secondary N) is 1. The zero-order valence-corrected chi connectivity index (χ0v) is 18.3. The van der Waals surface area contributed by atoms with Crippen LogP contribution in [-0.4, -0.2) is 38.9 Å². The Balaban J connectivity index is 1.83. The zero-order valence-electron chi connectivity index (χ0n) is 16.6. The lowest BCUT2D eigenvalue weighted by Crippen LogP contribution is -2.32. The van der Waals surface area contributed by atoms with Crippen LogP contribution in [0.2, 0.25) is 0 Å². The fourth-order valence-electron chi connectivity index (χ4n) is 2.77. The van der Waals surface area contributed by atoms with Crippen LogP contribution < -0.4 is 9.62 Å². The highest BCUT2D eigenvalue weighted by atomic mass is 32.2. The Morgan fingerprint density at radius 3 is 2.36 bits per heavy atom. The predicted molar refractivity (Wildman–Crippen MR) is 119 cm³/mol. The van der Waals surface area contributed by atoms with E-state index in [2.05, 4.69) is 24.4 Å². The number of carbonyl (C=O) groups excluding carboxylic acids is 1. The zero-order chi connectivity index (χ0) is 20.6. The second-order valence-electron chi connectivity index (χ2n) is 6.35. The number of hydrogen-bond acceptors (Lipinski definition) is 4. The van der Waals surface area contributed by atoms with E-state index < -0.39 is 10.0 Å². The maximum atomic E-state index is 12.3. The number of hydrogen-bond donors (Lipinski definition) is 1. The summed E-state index contributed by atoms with van der Waals surface area (Å²) in [7, 11) is -3.31. The molecule has 0 saturated carbocycles. The Morgan fingerprint density at radius 2 is 1.75 bits per heavy atom. The van der Waals surface area contributed by atoms with E-state index in [1.165, 1.54) is 15.4 Å². The molecule has 7 heteroatoms. The van der Waals surface area contributed by atoms with Crippen LogP contribution in [0.3, 0.4) is 0 Å². The van der Waals surface area contributed by atoms with Crippen LogP contribution >= 0.6 is 11.8 Å². The first-order valence-electron chi connectivity index (χ1n) is 9.40. The van der Waals surface area contributed by atoms with Crippen LogP contribution in [0.25, 0.3) is 0 Å². The van der Waals surface area contributed by atoms with E-state index in [4.69, 9.17) is 0 Å². The molecule has 0 bridgehead atoms. The summed E-state index contributed by atoms with van der Waals surface area (Å²) in [5, 5.41) is 2.91. The lowest BCUT2D eigenvalue weighted by molar-refractivity contribution is 0.0956. The standard InChI is InChI=1S/C21H28N2O3S2/c1-4-23(28(25,26)5-2)20-12-10-18(11-13-20)21(24)22-14-15-27-16-19-9-7-6-8-17(19)3/h6-13H,4-5,14-16H2,1-3H3,(H,22,24). The van der Waals surface area contributed by atoms with Gasteiger partial charge in [0.15, 0.2) is 0 Å². The summed E-state index contributed by atoms with van der Waals surface area (Å²) in [4.78, 5) is 12.3. The topological polar surface area (TPSA) is 66.5 Å². The van der Waals surface area contributed by atoms with Crippen LogP contribution in [0, 0.1) is 6.92 Å². The van der Waals surface area contributed by atoms with Gasteiger partial charge in [0, 0.05) is 30.2 Å². The van der Waals surface area contributed by atoms with E-state index in [1.807, 2.05) is 12.1 Å². The number of carbonyl (C=O) groups is 1. The molecule has 2 aromatic carbocycles. The molecular weight excluding hydrogens is 392 g/mol. The minimum Gasteiger partial charge on any atom is -0.351 e. The lowest BCUT2D eigenvalue weighted by atomic mass is 10.1. The summed E-state index contributed by atoms with van der Waals surface area (Å²) < 4.78 is 25.6. The normalized spacial score (nSPS) is 11.2. The van der Waals surface area contributed by atoms with E-state index in [-0.39, 0.29) is 11.7 Å². The van der Waals surface area contributed by atoms with Gasteiger partial charge >= 0.3 is 0 Å². The molecule has 0 spiro atoms. The van der Waals surface area contributed by atoms with Crippen molar-refractivity contribution >= 4 is 33.4 Å². The molecule has 152 valence electrons. The maximum Gasteiger partial charge on any atom is 0.251 e. The molecule has 0 saturated heterocycles. The number of thioether (sulfide) groups is 1. The third-order valence-electron chi connectivity index (χ3n) is 4.46. The first-order chi connectivity index (χ1) is 13.4. The van der Waals surface area contributed by atoms with Crippen molar-refractivity contribution in [3.05, 3.63) is 65.2 Å². The molecule has 2 rings (SSSR count). The SMILES string of the molecule is CCN(c1ccc(C(=O)NCCSCc2ccccc2C)cc1)S(=O)(=O)CC. The van der Waals surface area contributed by atoms with Gasteiger partial charge in [0.1, 0.15) is 0 Å². The second kappa shape index (κ2) is 10.5. The molecule has 0 unspecified atom stereocenters. The van der Waals surface area contributed by atoms with Crippen molar-refractivity contribution < 1.29 is 13.2 Å². The first kappa shape index (κ1) is 22.3. The minimum atomic E-state index is -3.31. The number of benzene rings is 2. The number of sulfonamides is 1. The molecule has 0 aliphatic carbocycles. The van der Waals surface area contributed by atoms with E-state index in [9.17, 15) is 13.2 Å². The highest BCUT2D eigenvalue weighted by Gasteiger charge is 2.18. The van der Waals surface area contributed by atoms with Crippen molar-refractivity contribution in [1.29, 1.82) is 0 Å². The molecule has 28 heavy (non-hydrogen) atoms. The average molecular weight is 421 g/mol. The molecule has 0 aromatic heterocycles. The first-order valence-corrected chi connectivity index (χ1v) is 12.2. The van der Waals surface area contributed by atoms with Crippen molar-refractivity contribution in [1.82, 2.24) is 5.32 Å². The van der Waals surface area contributed by atoms with Gasteiger partial charge in [-0.15, -0.1) is 0 Å². The van der Waals surface area contributed by atoms with Gasteiger partial charge in [0.25, 0.3) is 5.91 Å².